The standard InChI is InChI=1S/C20H26N4O2/c1-22-14-17(13-21-22)15-23-11-12-26-20(16-23)9-5-6-10-24(19(20)25)18-7-3-2-4-8-18/h2-4,7-8,13-14H,5-6,9-12,15-16H2,1H3. The molecular formula is C20H26N4O2. The van der Waals surface area contributed by atoms with Crippen molar-refractivity contribution in [1.29, 1.82) is 0 Å². The third-order valence-corrected chi connectivity index (χ3v) is 5.34. The first-order chi connectivity index (χ1) is 12.7. The summed E-state index contributed by atoms with van der Waals surface area (Å²) in [5, 5.41) is 4.25. The second-order valence-corrected chi connectivity index (χ2v) is 7.33. The molecule has 2 aromatic rings. The van der Waals surface area contributed by atoms with Crippen molar-refractivity contribution < 1.29 is 9.53 Å². The molecule has 1 aromatic carbocycles. The lowest BCUT2D eigenvalue weighted by Crippen LogP contribution is -2.59. The van der Waals surface area contributed by atoms with Crippen LogP contribution in [0.3, 0.4) is 0 Å². The molecule has 1 unspecified atom stereocenters. The Hall–Kier alpha value is -2.18. The lowest BCUT2D eigenvalue weighted by molar-refractivity contribution is -0.158. The summed E-state index contributed by atoms with van der Waals surface area (Å²) in [5.41, 5.74) is 1.41. The van der Waals surface area contributed by atoms with Crippen LogP contribution in [-0.2, 0) is 23.1 Å². The molecule has 2 saturated heterocycles. The van der Waals surface area contributed by atoms with Gasteiger partial charge in [-0.2, -0.15) is 5.10 Å². The van der Waals surface area contributed by atoms with Crippen LogP contribution in [0.5, 0.6) is 0 Å². The number of hydrogen-bond donors (Lipinski definition) is 0. The number of ether oxygens (including phenoxy) is 1. The summed E-state index contributed by atoms with van der Waals surface area (Å²) in [7, 11) is 1.93. The largest absolute Gasteiger partial charge is 0.362 e. The van der Waals surface area contributed by atoms with Gasteiger partial charge in [-0.15, -0.1) is 0 Å². The minimum absolute atomic E-state index is 0.108. The fourth-order valence-corrected chi connectivity index (χ4v) is 4.07. The topological polar surface area (TPSA) is 50.6 Å². The molecule has 26 heavy (non-hydrogen) atoms. The Morgan fingerprint density at radius 2 is 2.04 bits per heavy atom. The maximum atomic E-state index is 13.5. The molecule has 0 saturated carbocycles. The van der Waals surface area contributed by atoms with Gasteiger partial charge >= 0.3 is 0 Å². The SMILES string of the molecule is Cn1cc(CN2CCOC3(CCCCN(c4ccccc4)C3=O)C2)cn1. The number of aryl methyl sites for hydroxylation is 1. The summed E-state index contributed by atoms with van der Waals surface area (Å²) < 4.78 is 7.99. The first-order valence-corrected chi connectivity index (χ1v) is 9.37. The molecule has 2 aliphatic heterocycles. The van der Waals surface area contributed by atoms with Gasteiger partial charge in [0.1, 0.15) is 0 Å². The van der Waals surface area contributed by atoms with E-state index in [4.69, 9.17) is 4.74 Å². The van der Waals surface area contributed by atoms with Crippen molar-refractivity contribution in [3.8, 4) is 0 Å². The highest BCUT2D eigenvalue weighted by atomic mass is 16.5. The van der Waals surface area contributed by atoms with Crippen molar-refractivity contribution in [2.24, 2.45) is 7.05 Å². The van der Waals surface area contributed by atoms with Gasteiger partial charge in [0.2, 0.25) is 0 Å². The van der Waals surface area contributed by atoms with Gasteiger partial charge in [-0.05, 0) is 31.4 Å². The van der Waals surface area contributed by atoms with Crippen LogP contribution in [0.25, 0.3) is 0 Å². The summed E-state index contributed by atoms with van der Waals surface area (Å²) >= 11 is 0. The number of nitrogens with zero attached hydrogens (tertiary/aromatic N) is 4. The Morgan fingerprint density at radius 3 is 2.81 bits per heavy atom. The van der Waals surface area contributed by atoms with Crippen molar-refractivity contribution in [1.82, 2.24) is 14.7 Å². The van der Waals surface area contributed by atoms with Crippen molar-refractivity contribution in [2.45, 2.75) is 31.4 Å². The third-order valence-electron chi connectivity index (χ3n) is 5.34. The highest BCUT2D eigenvalue weighted by Crippen LogP contribution is 2.32. The van der Waals surface area contributed by atoms with E-state index >= 15 is 0 Å². The van der Waals surface area contributed by atoms with Crippen molar-refractivity contribution in [3.05, 3.63) is 48.3 Å². The average molecular weight is 354 g/mol. The molecule has 1 atom stereocenters. The number of amides is 1. The molecular weight excluding hydrogens is 328 g/mol. The molecule has 1 spiro atoms. The number of morpholine rings is 1. The first kappa shape index (κ1) is 17.2. The van der Waals surface area contributed by atoms with Gasteiger partial charge in [0, 0.05) is 50.7 Å². The van der Waals surface area contributed by atoms with Crippen LogP contribution >= 0.6 is 0 Å². The zero-order valence-corrected chi connectivity index (χ0v) is 15.3. The van der Waals surface area contributed by atoms with Crippen molar-refractivity contribution >= 4 is 11.6 Å². The number of aromatic nitrogens is 2. The Kier molecular flexibility index (Phi) is 4.78. The number of para-hydroxylation sites is 1. The predicted octanol–water partition coefficient (Wildman–Crippen LogP) is 2.21. The second-order valence-electron chi connectivity index (χ2n) is 7.33. The Labute approximate surface area is 154 Å². The van der Waals surface area contributed by atoms with E-state index in [1.807, 2.05) is 59.4 Å². The lowest BCUT2D eigenvalue weighted by Gasteiger charge is -2.42. The third kappa shape index (κ3) is 3.39. The van der Waals surface area contributed by atoms with Gasteiger partial charge in [-0.3, -0.25) is 14.4 Å². The monoisotopic (exact) mass is 354 g/mol. The molecule has 138 valence electrons. The molecule has 6 nitrogen and oxygen atoms in total. The first-order valence-electron chi connectivity index (χ1n) is 9.37. The van der Waals surface area contributed by atoms with Crippen LogP contribution < -0.4 is 4.90 Å². The highest BCUT2D eigenvalue weighted by Gasteiger charge is 2.47. The smallest absolute Gasteiger partial charge is 0.260 e. The summed E-state index contributed by atoms with van der Waals surface area (Å²) in [4.78, 5) is 17.7. The molecule has 0 radical (unpaired) electrons. The summed E-state index contributed by atoms with van der Waals surface area (Å²) in [6.07, 6.45) is 6.74. The van der Waals surface area contributed by atoms with E-state index in [2.05, 4.69) is 10.00 Å². The number of rotatable bonds is 3. The molecule has 2 aliphatic rings. The van der Waals surface area contributed by atoms with Crippen LogP contribution in [0.2, 0.25) is 0 Å². The molecule has 0 bridgehead atoms. The Bertz CT molecular complexity index is 760. The highest BCUT2D eigenvalue weighted by molar-refractivity contribution is 6.00. The van der Waals surface area contributed by atoms with Crippen LogP contribution in [0.1, 0.15) is 24.8 Å². The number of anilines is 1. The van der Waals surface area contributed by atoms with Gasteiger partial charge in [0.15, 0.2) is 5.60 Å². The molecule has 0 N–H and O–H groups in total. The number of carbonyl (C=O) groups excluding carboxylic acids is 1. The maximum absolute atomic E-state index is 13.5. The molecule has 6 heteroatoms. The quantitative estimate of drug-likeness (QED) is 0.848. The van der Waals surface area contributed by atoms with E-state index in [1.165, 1.54) is 5.56 Å². The maximum Gasteiger partial charge on any atom is 0.260 e. The Morgan fingerprint density at radius 1 is 1.19 bits per heavy atom. The van der Waals surface area contributed by atoms with E-state index < -0.39 is 5.60 Å². The van der Waals surface area contributed by atoms with E-state index in [-0.39, 0.29) is 5.91 Å². The predicted molar refractivity (Wildman–Crippen MR) is 99.8 cm³/mol. The van der Waals surface area contributed by atoms with Crippen molar-refractivity contribution in [3.63, 3.8) is 0 Å². The van der Waals surface area contributed by atoms with Crippen LogP contribution in [0.4, 0.5) is 5.69 Å². The minimum Gasteiger partial charge on any atom is -0.362 e. The molecule has 3 heterocycles. The molecule has 1 amide bonds. The van der Waals surface area contributed by atoms with E-state index in [1.54, 1.807) is 0 Å². The van der Waals surface area contributed by atoms with Crippen molar-refractivity contribution in [2.75, 3.05) is 31.1 Å². The molecule has 4 rings (SSSR count). The summed E-state index contributed by atoms with van der Waals surface area (Å²) in [6.45, 7) is 3.64. The summed E-state index contributed by atoms with van der Waals surface area (Å²) in [6, 6.07) is 9.96. The van der Waals surface area contributed by atoms with Gasteiger partial charge in [-0.1, -0.05) is 18.2 Å². The fraction of sp³-hybridized carbons (Fsp3) is 0.500. The zero-order valence-electron chi connectivity index (χ0n) is 15.3. The van der Waals surface area contributed by atoms with E-state index in [0.717, 1.165) is 44.6 Å². The van der Waals surface area contributed by atoms with E-state index in [9.17, 15) is 4.79 Å². The van der Waals surface area contributed by atoms with Gasteiger partial charge in [0.05, 0.1) is 12.8 Å². The molecule has 1 aromatic heterocycles. The second kappa shape index (κ2) is 7.21. The Balaban J connectivity index is 1.55. The zero-order chi connectivity index (χ0) is 18.0. The van der Waals surface area contributed by atoms with Crippen LogP contribution in [-0.4, -0.2) is 52.4 Å². The summed E-state index contributed by atoms with van der Waals surface area (Å²) in [5.74, 6) is 0.108. The van der Waals surface area contributed by atoms with Crippen LogP contribution in [0, 0.1) is 0 Å². The van der Waals surface area contributed by atoms with Crippen LogP contribution in [0.15, 0.2) is 42.7 Å². The number of hydrogen-bond acceptors (Lipinski definition) is 4. The van der Waals surface area contributed by atoms with Gasteiger partial charge in [-0.25, -0.2) is 0 Å². The van der Waals surface area contributed by atoms with Gasteiger partial charge in [0.25, 0.3) is 5.91 Å². The minimum atomic E-state index is -0.729. The number of carbonyl (C=O) groups is 1. The normalized spacial score (nSPS) is 24.8. The average Bonchev–Trinajstić information content (AvgIpc) is 3.00. The molecule has 2 fully saturated rings. The van der Waals surface area contributed by atoms with Gasteiger partial charge < -0.3 is 9.64 Å². The lowest BCUT2D eigenvalue weighted by atomic mass is 9.93. The number of benzene rings is 1. The molecule has 0 aliphatic carbocycles. The fourth-order valence-electron chi connectivity index (χ4n) is 4.07. The van der Waals surface area contributed by atoms with E-state index in [0.29, 0.717) is 13.2 Å².